The van der Waals surface area contributed by atoms with Gasteiger partial charge in [-0.1, -0.05) is 0 Å². The molecule has 2 heterocycles. The topological polar surface area (TPSA) is 47.5 Å². The average Bonchev–Trinajstić information content (AvgIpc) is 2.35. The number of hydrogen-bond acceptors (Lipinski definition) is 5. The minimum absolute atomic E-state index is 0.225. The van der Waals surface area contributed by atoms with E-state index in [-0.39, 0.29) is 5.28 Å². The third-order valence-corrected chi connectivity index (χ3v) is 2.90. The number of aromatic nitrogens is 2. The first-order valence-corrected chi connectivity index (χ1v) is 5.97. The number of rotatable bonds is 1. The molecule has 1 aromatic heterocycles. The molecule has 18 heavy (non-hydrogen) atoms. The molecule has 0 atom stereocenters. The van der Waals surface area contributed by atoms with Crippen molar-refractivity contribution in [3.05, 3.63) is 17.4 Å². The maximum atomic E-state index is 5.93. The van der Waals surface area contributed by atoms with E-state index >= 15 is 0 Å². The first kappa shape index (κ1) is 11.3. The van der Waals surface area contributed by atoms with Gasteiger partial charge in [-0.05, 0) is 17.7 Å². The maximum Gasteiger partial charge on any atom is 0.224 e. The van der Waals surface area contributed by atoms with Crippen LogP contribution in [0.25, 0.3) is 10.9 Å². The fourth-order valence-electron chi connectivity index (χ4n) is 1.96. The van der Waals surface area contributed by atoms with Crippen molar-refractivity contribution < 1.29 is 9.47 Å². The van der Waals surface area contributed by atoms with Crippen molar-refractivity contribution in [2.45, 2.75) is 0 Å². The van der Waals surface area contributed by atoms with Gasteiger partial charge < -0.3 is 14.4 Å². The molecule has 0 unspecified atom stereocenters. The third-order valence-electron chi connectivity index (χ3n) is 2.74. The van der Waals surface area contributed by atoms with Gasteiger partial charge in [0.15, 0.2) is 11.5 Å². The molecule has 0 fully saturated rings. The molecule has 5 nitrogen and oxygen atoms in total. The summed E-state index contributed by atoms with van der Waals surface area (Å²) in [6.07, 6.45) is 0. The predicted octanol–water partition coefficient (Wildman–Crippen LogP) is 2.12. The highest BCUT2D eigenvalue weighted by Crippen LogP contribution is 2.36. The predicted molar refractivity (Wildman–Crippen MR) is 69.9 cm³/mol. The Bertz CT molecular complexity index is 616. The second-order valence-corrected chi connectivity index (χ2v) is 4.56. The Hall–Kier alpha value is -1.75. The Morgan fingerprint density at radius 2 is 1.78 bits per heavy atom. The molecule has 1 aliphatic heterocycles. The zero-order chi connectivity index (χ0) is 12.7. The standard InChI is InChI=1S/C12H12ClN3O2/c1-16(2)11-7-5-9-10(18-4-3-17-9)6-8(7)14-12(13)15-11/h5-6H,3-4H2,1-2H3. The highest BCUT2D eigenvalue weighted by Gasteiger charge is 2.16. The Balaban J connectivity index is 2.29. The van der Waals surface area contributed by atoms with Crippen LogP contribution in [0, 0.1) is 0 Å². The second kappa shape index (κ2) is 4.17. The Labute approximate surface area is 109 Å². The average molecular weight is 266 g/mol. The zero-order valence-corrected chi connectivity index (χ0v) is 10.9. The van der Waals surface area contributed by atoms with Crippen LogP contribution in [0.3, 0.4) is 0 Å². The number of halogens is 1. The van der Waals surface area contributed by atoms with Crippen LogP contribution in [0.4, 0.5) is 5.82 Å². The van der Waals surface area contributed by atoms with Crippen LogP contribution in [-0.2, 0) is 0 Å². The minimum Gasteiger partial charge on any atom is -0.486 e. The van der Waals surface area contributed by atoms with E-state index in [1.807, 2.05) is 31.1 Å². The van der Waals surface area contributed by atoms with E-state index in [1.54, 1.807) is 0 Å². The molecule has 6 heteroatoms. The van der Waals surface area contributed by atoms with E-state index < -0.39 is 0 Å². The lowest BCUT2D eigenvalue weighted by molar-refractivity contribution is 0.172. The molecule has 0 spiro atoms. The minimum atomic E-state index is 0.225. The number of nitrogens with zero attached hydrogens (tertiary/aromatic N) is 3. The number of benzene rings is 1. The fraction of sp³-hybridized carbons (Fsp3) is 0.333. The maximum absolute atomic E-state index is 5.93. The highest BCUT2D eigenvalue weighted by atomic mass is 35.5. The summed E-state index contributed by atoms with van der Waals surface area (Å²) in [7, 11) is 3.82. The van der Waals surface area contributed by atoms with E-state index in [0.717, 1.165) is 22.5 Å². The molecule has 94 valence electrons. The molecule has 0 radical (unpaired) electrons. The van der Waals surface area contributed by atoms with Gasteiger partial charge in [-0.25, -0.2) is 4.98 Å². The van der Waals surface area contributed by atoms with Gasteiger partial charge >= 0.3 is 0 Å². The molecule has 1 aromatic carbocycles. The lowest BCUT2D eigenvalue weighted by atomic mass is 10.2. The number of hydrogen-bond donors (Lipinski definition) is 0. The Morgan fingerprint density at radius 1 is 1.11 bits per heavy atom. The first-order valence-electron chi connectivity index (χ1n) is 5.59. The summed E-state index contributed by atoms with van der Waals surface area (Å²) < 4.78 is 11.1. The second-order valence-electron chi connectivity index (χ2n) is 4.22. The van der Waals surface area contributed by atoms with Crippen molar-refractivity contribution in [2.75, 3.05) is 32.2 Å². The van der Waals surface area contributed by atoms with Crippen LogP contribution in [0.15, 0.2) is 12.1 Å². The van der Waals surface area contributed by atoms with E-state index in [1.165, 1.54) is 0 Å². The van der Waals surface area contributed by atoms with Gasteiger partial charge in [-0.2, -0.15) is 4.98 Å². The molecule has 0 amide bonds. The number of ether oxygens (including phenoxy) is 2. The van der Waals surface area contributed by atoms with Gasteiger partial charge in [0, 0.05) is 25.5 Å². The molecule has 0 saturated carbocycles. The Kier molecular flexibility index (Phi) is 2.63. The number of fused-ring (bicyclic) bond motifs is 2. The van der Waals surface area contributed by atoms with Gasteiger partial charge in [-0.15, -0.1) is 0 Å². The van der Waals surface area contributed by atoms with Gasteiger partial charge in [0.05, 0.1) is 5.52 Å². The molecule has 3 rings (SSSR count). The van der Waals surface area contributed by atoms with Crippen LogP contribution >= 0.6 is 11.6 Å². The molecule has 1 aliphatic rings. The summed E-state index contributed by atoms with van der Waals surface area (Å²) >= 11 is 5.93. The lowest BCUT2D eigenvalue weighted by Gasteiger charge is -2.20. The van der Waals surface area contributed by atoms with Gasteiger partial charge in [0.1, 0.15) is 19.0 Å². The van der Waals surface area contributed by atoms with Crippen molar-refractivity contribution in [2.24, 2.45) is 0 Å². The van der Waals surface area contributed by atoms with Crippen LogP contribution in [0.5, 0.6) is 11.5 Å². The quantitative estimate of drug-likeness (QED) is 0.739. The monoisotopic (exact) mass is 265 g/mol. The molecule has 0 bridgehead atoms. The zero-order valence-electron chi connectivity index (χ0n) is 10.1. The summed E-state index contributed by atoms with van der Waals surface area (Å²) in [4.78, 5) is 10.3. The SMILES string of the molecule is CN(C)c1nc(Cl)nc2cc3c(cc12)OCCO3. The number of anilines is 1. The third kappa shape index (κ3) is 1.80. The normalized spacial score (nSPS) is 13.7. The molecule has 0 saturated heterocycles. The molecule has 0 aliphatic carbocycles. The van der Waals surface area contributed by atoms with Crippen molar-refractivity contribution >= 4 is 28.3 Å². The molecular weight excluding hydrogens is 254 g/mol. The fourth-order valence-corrected chi connectivity index (χ4v) is 2.13. The lowest BCUT2D eigenvalue weighted by Crippen LogP contribution is -2.16. The van der Waals surface area contributed by atoms with Crippen molar-refractivity contribution in [3.63, 3.8) is 0 Å². The van der Waals surface area contributed by atoms with Crippen LogP contribution in [-0.4, -0.2) is 37.3 Å². The summed E-state index contributed by atoms with van der Waals surface area (Å²) in [5.74, 6) is 2.19. The Morgan fingerprint density at radius 3 is 2.44 bits per heavy atom. The van der Waals surface area contributed by atoms with E-state index in [0.29, 0.717) is 19.0 Å². The summed E-state index contributed by atoms with van der Waals surface area (Å²) in [5, 5.41) is 1.12. The van der Waals surface area contributed by atoms with E-state index in [9.17, 15) is 0 Å². The van der Waals surface area contributed by atoms with Crippen LogP contribution in [0.2, 0.25) is 5.28 Å². The van der Waals surface area contributed by atoms with Gasteiger partial charge in [0.25, 0.3) is 0 Å². The van der Waals surface area contributed by atoms with Gasteiger partial charge in [-0.3, -0.25) is 0 Å². The van der Waals surface area contributed by atoms with Crippen molar-refractivity contribution in [1.82, 2.24) is 9.97 Å². The van der Waals surface area contributed by atoms with Crippen LogP contribution in [0.1, 0.15) is 0 Å². The van der Waals surface area contributed by atoms with Crippen LogP contribution < -0.4 is 14.4 Å². The summed E-state index contributed by atoms with van der Waals surface area (Å²) in [6.45, 7) is 1.11. The van der Waals surface area contributed by atoms with Crippen molar-refractivity contribution in [1.29, 1.82) is 0 Å². The van der Waals surface area contributed by atoms with Crippen molar-refractivity contribution in [3.8, 4) is 11.5 Å². The summed E-state index contributed by atoms with van der Waals surface area (Å²) in [6, 6.07) is 3.74. The van der Waals surface area contributed by atoms with E-state index in [2.05, 4.69) is 9.97 Å². The largest absolute Gasteiger partial charge is 0.486 e. The molecule has 0 N–H and O–H groups in total. The first-order chi connectivity index (χ1) is 8.65. The smallest absolute Gasteiger partial charge is 0.224 e. The highest BCUT2D eigenvalue weighted by molar-refractivity contribution is 6.28. The summed E-state index contributed by atoms with van der Waals surface area (Å²) in [5.41, 5.74) is 0.753. The molecular formula is C12H12ClN3O2. The van der Waals surface area contributed by atoms with Gasteiger partial charge in [0.2, 0.25) is 5.28 Å². The molecule has 2 aromatic rings. The van der Waals surface area contributed by atoms with E-state index in [4.69, 9.17) is 21.1 Å².